The minimum atomic E-state index is -4.68. The second-order valence-corrected chi connectivity index (χ2v) is 6.73. The molecule has 4 rings (SSSR count). The van der Waals surface area contributed by atoms with E-state index in [1.54, 1.807) is 12.3 Å². The van der Waals surface area contributed by atoms with Gasteiger partial charge in [-0.2, -0.15) is 4.98 Å². The predicted molar refractivity (Wildman–Crippen MR) is 104 cm³/mol. The number of anilines is 2. The molecule has 0 aliphatic carbocycles. The fourth-order valence-corrected chi connectivity index (χ4v) is 3.31. The van der Waals surface area contributed by atoms with Crippen molar-refractivity contribution in [2.75, 3.05) is 16.8 Å². The van der Waals surface area contributed by atoms with Crippen LogP contribution in [0.15, 0.2) is 60.8 Å². The first kappa shape index (κ1) is 19.0. The number of alkyl halides is 3. The summed E-state index contributed by atoms with van der Waals surface area (Å²) in [4.78, 5) is 10.9. The van der Waals surface area contributed by atoms with E-state index in [0.29, 0.717) is 32.0 Å². The Morgan fingerprint density at radius 3 is 2.66 bits per heavy atom. The zero-order chi connectivity index (χ0) is 20.3. The van der Waals surface area contributed by atoms with E-state index in [2.05, 4.69) is 24.9 Å². The van der Waals surface area contributed by atoms with Crippen LogP contribution in [0.2, 0.25) is 0 Å². The molecule has 2 aromatic carbocycles. The van der Waals surface area contributed by atoms with E-state index in [0.717, 1.165) is 22.5 Å². The van der Waals surface area contributed by atoms with Crippen LogP contribution in [-0.4, -0.2) is 22.9 Å². The standard InChI is InChI=1S/C21H19F3N4O/c22-21(23,24)29-18-7-6-17-14-28(11-9-16(17)12-18)19-8-10-25-20(27-19)26-13-15-4-2-1-3-5-15/h1-8,10,12H,9,11,13-14H2,(H,25,26,27). The molecule has 1 aromatic heterocycles. The van der Waals surface area contributed by atoms with Crippen LogP contribution in [0, 0.1) is 0 Å². The number of aromatic nitrogens is 2. The van der Waals surface area contributed by atoms with Gasteiger partial charge in [-0.05, 0) is 41.3 Å². The topological polar surface area (TPSA) is 50.3 Å². The van der Waals surface area contributed by atoms with Crippen molar-refractivity contribution in [3.05, 3.63) is 77.5 Å². The number of ether oxygens (including phenoxy) is 1. The maximum atomic E-state index is 12.4. The zero-order valence-corrected chi connectivity index (χ0v) is 15.5. The van der Waals surface area contributed by atoms with Crippen LogP contribution in [0.3, 0.4) is 0 Å². The van der Waals surface area contributed by atoms with Gasteiger partial charge in [-0.15, -0.1) is 13.2 Å². The lowest BCUT2D eigenvalue weighted by molar-refractivity contribution is -0.274. The molecule has 0 amide bonds. The molecule has 0 fully saturated rings. The number of hydrogen-bond donors (Lipinski definition) is 1. The van der Waals surface area contributed by atoms with Gasteiger partial charge in [0, 0.05) is 25.8 Å². The van der Waals surface area contributed by atoms with E-state index < -0.39 is 6.36 Å². The highest BCUT2D eigenvalue weighted by atomic mass is 19.4. The van der Waals surface area contributed by atoms with E-state index in [-0.39, 0.29) is 5.75 Å². The summed E-state index contributed by atoms with van der Waals surface area (Å²) >= 11 is 0. The second-order valence-electron chi connectivity index (χ2n) is 6.73. The van der Waals surface area contributed by atoms with Gasteiger partial charge in [-0.1, -0.05) is 36.4 Å². The fourth-order valence-electron chi connectivity index (χ4n) is 3.31. The van der Waals surface area contributed by atoms with E-state index in [1.165, 1.54) is 12.1 Å². The Bertz CT molecular complexity index is 979. The summed E-state index contributed by atoms with van der Waals surface area (Å²) in [6, 6.07) is 16.3. The van der Waals surface area contributed by atoms with Gasteiger partial charge in [0.1, 0.15) is 11.6 Å². The van der Waals surface area contributed by atoms with Gasteiger partial charge in [0.05, 0.1) is 0 Å². The van der Waals surface area contributed by atoms with Gasteiger partial charge in [0.15, 0.2) is 0 Å². The van der Waals surface area contributed by atoms with Crippen LogP contribution in [0.5, 0.6) is 5.75 Å². The number of rotatable bonds is 5. The van der Waals surface area contributed by atoms with E-state index in [9.17, 15) is 13.2 Å². The Balaban J connectivity index is 1.44. The van der Waals surface area contributed by atoms with Crippen LogP contribution >= 0.6 is 0 Å². The van der Waals surface area contributed by atoms with Crippen molar-refractivity contribution in [1.29, 1.82) is 0 Å². The monoisotopic (exact) mass is 400 g/mol. The van der Waals surface area contributed by atoms with Crippen molar-refractivity contribution in [2.45, 2.75) is 25.9 Å². The van der Waals surface area contributed by atoms with Crippen molar-refractivity contribution in [3.63, 3.8) is 0 Å². The molecule has 1 N–H and O–H groups in total. The summed E-state index contributed by atoms with van der Waals surface area (Å²) in [6.45, 7) is 1.84. The summed E-state index contributed by atoms with van der Waals surface area (Å²) in [6.07, 6.45) is -2.37. The lowest BCUT2D eigenvalue weighted by Gasteiger charge is -2.30. The molecule has 0 spiro atoms. The van der Waals surface area contributed by atoms with Crippen molar-refractivity contribution >= 4 is 11.8 Å². The summed E-state index contributed by atoms with van der Waals surface area (Å²) in [5, 5.41) is 3.22. The van der Waals surface area contributed by atoms with Crippen LogP contribution in [0.4, 0.5) is 24.9 Å². The first-order valence-electron chi connectivity index (χ1n) is 9.20. The quantitative estimate of drug-likeness (QED) is 0.681. The number of benzene rings is 2. The van der Waals surface area contributed by atoms with Crippen molar-refractivity contribution in [3.8, 4) is 5.75 Å². The molecule has 5 nitrogen and oxygen atoms in total. The third-order valence-electron chi connectivity index (χ3n) is 4.68. The molecule has 1 aliphatic heterocycles. The van der Waals surface area contributed by atoms with E-state index in [1.807, 2.05) is 36.4 Å². The summed E-state index contributed by atoms with van der Waals surface area (Å²) in [5.74, 6) is 1.13. The van der Waals surface area contributed by atoms with Crippen molar-refractivity contribution in [2.24, 2.45) is 0 Å². The number of halogens is 3. The molecule has 1 aliphatic rings. The van der Waals surface area contributed by atoms with Gasteiger partial charge >= 0.3 is 6.36 Å². The molecule has 0 unspecified atom stereocenters. The first-order valence-corrected chi connectivity index (χ1v) is 9.20. The summed E-state index contributed by atoms with van der Waals surface area (Å²) in [5.41, 5.74) is 2.95. The maximum absolute atomic E-state index is 12.4. The summed E-state index contributed by atoms with van der Waals surface area (Å²) in [7, 11) is 0. The van der Waals surface area contributed by atoms with Crippen LogP contribution in [0.25, 0.3) is 0 Å². The lowest BCUT2D eigenvalue weighted by atomic mass is 9.99. The molecule has 0 atom stereocenters. The highest BCUT2D eigenvalue weighted by Gasteiger charge is 2.31. The minimum Gasteiger partial charge on any atom is -0.406 e. The smallest absolute Gasteiger partial charge is 0.406 e. The average Bonchev–Trinajstić information content (AvgIpc) is 2.72. The number of nitrogens with zero attached hydrogens (tertiary/aromatic N) is 3. The Morgan fingerprint density at radius 1 is 1.03 bits per heavy atom. The molecule has 0 bridgehead atoms. The summed E-state index contributed by atoms with van der Waals surface area (Å²) < 4.78 is 41.3. The van der Waals surface area contributed by atoms with Crippen molar-refractivity contribution in [1.82, 2.24) is 9.97 Å². The Labute approximate surface area is 166 Å². The molecule has 0 saturated carbocycles. The van der Waals surface area contributed by atoms with Crippen LogP contribution in [-0.2, 0) is 19.5 Å². The molecule has 0 radical (unpaired) electrons. The fraction of sp³-hybridized carbons (Fsp3) is 0.238. The van der Waals surface area contributed by atoms with Crippen LogP contribution in [0.1, 0.15) is 16.7 Å². The van der Waals surface area contributed by atoms with E-state index in [4.69, 9.17) is 0 Å². The third kappa shape index (κ3) is 4.96. The SMILES string of the molecule is FC(F)(F)Oc1ccc2c(c1)CCN(c1ccnc(NCc3ccccc3)n1)C2. The molecular weight excluding hydrogens is 381 g/mol. The van der Waals surface area contributed by atoms with Gasteiger partial charge in [-0.3, -0.25) is 0 Å². The second kappa shape index (κ2) is 7.98. The van der Waals surface area contributed by atoms with Gasteiger partial charge in [0.2, 0.25) is 5.95 Å². The molecule has 29 heavy (non-hydrogen) atoms. The highest BCUT2D eigenvalue weighted by Crippen LogP contribution is 2.29. The highest BCUT2D eigenvalue weighted by molar-refractivity contribution is 5.48. The maximum Gasteiger partial charge on any atom is 0.573 e. The Morgan fingerprint density at radius 2 is 1.86 bits per heavy atom. The zero-order valence-electron chi connectivity index (χ0n) is 15.5. The molecule has 0 saturated heterocycles. The van der Waals surface area contributed by atoms with Gasteiger partial charge < -0.3 is 15.0 Å². The van der Waals surface area contributed by atoms with Gasteiger partial charge in [0.25, 0.3) is 0 Å². The molecule has 2 heterocycles. The first-order chi connectivity index (χ1) is 14.0. The molecular formula is C21H19F3N4O. The van der Waals surface area contributed by atoms with Gasteiger partial charge in [-0.25, -0.2) is 4.98 Å². The van der Waals surface area contributed by atoms with Crippen molar-refractivity contribution < 1.29 is 17.9 Å². The molecule has 150 valence electrons. The van der Waals surface area contributed by atoms with Crippen LogP contribution < -0.4 is 15.0 Å². The minimum absolute atomic E-state index is 0.181. The normalized spacial score (nSPS) is 13.7. The molecule has 3 aromatic rings. The number of nitrogens with one attached hydrogen (secondary N) is 1. The Kier molecular flexibility index (Phi) is 5.24. The average molecular weight is 400 g/mol. The number of hydrogen-bond acceptors (Lipinski definition) is 5. The number of fused-ring (bicyclic) bond motifs is 1. The lowest BCUT2D eigenvalue weighted by Crippen LogP contribution is -2.31. The van der Waals surface area contributed by atoms with E-state index >= 15 is 0 Å². The predicted octanol–water partition coefficient (Wildman–Crippen LogP) is 4.55. The third-order valence-corrected chi connectivity index (χ3v) is 4.68. The molecule has 8 heteroatoms. The largest absolute Gasteiger partial charge is 0.573 e. The Hall–Kier alpha value is -3.29.